The fourth-order valence-electron chi connectivity index (χ4n) is 3.52. The minimum atomic E-state index is -0.349. The molecule has 5 heteroatoms. The number of hydrogen-bond donors (Lipinski definition) is 0. The van der Waals surface area contributed by atoms with Crippen molar-refractivity contribution in [3.8, 4) is 11.4 Å². The number of nitrogens with zero attached hydrogens (tertiary/aromatic N) is 4. The van der Waals surface area contributed by atoms with Crippen LogP contribution in [0.25, 0.3) is 11.4 Å². The van der Waals surface area contributed by atoms with Crippen molar-refractivity contribution >= 4 is 5.91 Å². The van der Waals surface area contributed by atoms with Crippen molar-refractivity contribution in [3.05, 3.63) is 36.2 Å². The molecule has 0 spiro atoms. The first-order chi connectivity index (χ1) is 11.9. The quantitative estimate of drug-likeness (QED) is 0.843. The van der Waals surface area contributed by atoms with Gasteiger partial charge < -0.3 is 4.90 Å². The molecule has 1 fully saturated rings. The number of aromatic nitrogens is 3. The lowest BCUT2D eigenvalue weighted by molar-refractivity contribution is -0.140. The van der Waals surface area contributed by atoms with E-state index in [2.05, 4.69) is 23.1 Å². The van der Waals surface area contributed by atoms with Crippen LogP contribution in [0.1, 0.15) is 58.6 Å². The highest BCUT2D eigenvalue weighted by atomic mass is 16.2. The van der Waals surface area contributed by atoms with Gasteiger partial charge in [0.25, 0.3) is 0 Å². The molecule has 2 aromatic rings. The number of aryl methyl sites for hydroxylation is 1. The van der Waals surface area contributed by atoms with Crippen LogP contribution in [0.3, 0.4) is 0 Å². The van der Waals surface area contributed by atoms with Gasteiger partial charge in [0.1, 0.15) is 0 Å². The minimum Gasteiger partial charge on any atom is -0.335 e. The van der Waals surface area contributed by atoms with Crippen molar-refractivity contribution in [2.24, 2.45) is 5.41 Å². The highest BCUT2D eigenvalue weighted by Gasteiger charge is 2.35. The van der Waals surface area contributed by atoms with Gasteiger partial charge in [-0.25, -0.2) is 0 Å². The minimum absolute atomic E-state index is 0.149. The largest absolute Gasteiger partial charge is 0.335 e. The van der Waals surface area contributed by atoms with Crippen LogP contribution in [-0.4, -0.2) is 32.1 Å². The second-order valence-corrected chi connectivity index (χ2v) is 7.82. The summed E-state index contributed by atoms with van der Waals surface area (Å²) in [5, 5.41) is 4.40. The zero-order valence-corrected chi connectivity index (χ0v) is 15.7. The van der Waals surface area contributed by atoms with Crippen LogP contribution in [0, 0.1) is 5.41 Å². The van der Waals surface area contributed by atoms with Gasteiger partial charge in [-0.15, -0.1) is 0 Å². The summed E-state index contributed by atoms with van der Waals surface area (Å²) >= 11 is 0. The normalized spacial score (nSPS) is 17.9. The van der Waals surface area contributed by atoms with Crippen molar-refractivity contribution in [1.82, 2.24) is 19.7 Å². The first-order valence-corrected chi connectivity index (χ1v) is 9.21. The summed E-state index contributed by atoms with van der Waals surface area (Å²) in [7, 11) is 0. The summed E-state index contributed by atoms with van der Waals surface area (Å²) in [6, 6.07) is 6.33. The van der Waals surface area contributed by atoms with Gasteiger partial charge in [-0.1, -0.05) is 27.7 Å². The average Bonchev–Trinajstić information content (AvgIpc) is 3.23. The van der Waals surface area contributed by atoms with Crippen molar-refractivity contribution in [1.29, 1.82) is 0 Å². The van der Waals surface area contributed by atoms with E-state index in [1.165, 1.54) is 5.56 Å². The third kappa shape index (κ3) is 3.60. The molecular weight excluding hydrogens is 312 g/mol. The van der Waals surface area contributed by atoms with E-state index >= 15 is 0 Å². The molecule has 134 valence electrons. The number of carbonyl (C=O) groups excluding carboxylic acids is 1. The smallest absolute Gasteiger partial charge is 0.228 e. The van der Waals surface area contributed by atoms with Crippen LogP contribution in [-0.2, 0) is 11.3 Å². The van der Waals surface area contributed by atoms with Gasteiger partial charge in [0, 0.05) is 30.9 Å². The third-order valence-corrected chi connectivity index (χ3v) is 4.74. The molecule has 25 heavy (non-hydrogen) atoms. The molecule has 0 saturated carbocycles. The lowest BCUT2D eigenvalue weighted by atomic mass is 9.93. The van der Waals surface area contributed by atoms with E-state index in [0.29, 0.717) is 0 Å². The molecule has 0 N–H and O–H groups in total. The Morgan fingerprint density at radius 2 is 2.08 bits per heavy atom. The molecule has 1 aliphatic rings. The summed E-state index contributed by atoms with van der Waals surface area (Å²) in [4.78, 5) is 19.4. The van der Waals surface area contributed by atoms with Gasteiger partial charge in [0.2, 0.25) is 5.91 Å². The molecule has 1 aliphatic heterocycles. The molecule has 0 aromatic carbocycles. The molecule has 1 atom stereocenters. The predicted molar refractivity (Wildman–Crippen MR) is 98.9 cm³/mol. The van der Waals surface area contributed by atoms with Gasteiger partial charge >= 0.3 is 0 Å². The Labute approximate surface area is 150 Å². The van der Waals surface area contributed by atoms with Crippen LogP contribution < -0.4 is 0 Å². The maximum atomic E-state index is 12.8. The number of pyridine rings is 1. The molecule has 1 amide bonds. The topological polar surface area (TPSA) is 51.0 Å². The van der Waals surface area contributed by atoms with Crippen LogP contribution >= 0.6 is 0 Å². The first-order valence-electron chi connectivity index (χ1n) is 9.21. The van der Waals surface area contributed by atoms with Crippen molar-refractivity contribution < 1.29 is 4.79 Å². The molecule has 0 bridgehead atoms. The first kappa shape index (κ1) is 17.6. The molecule has 0 radical (unpaired) electrons. The predicted octanol–water partition coefficient (Wildman–Crippen LogP) is 4.06. The van der Waals surface area contributed by atoms with Crippen molar-refractivity contribution in [2.45, 2.75) is 59.5 Å². The Kier molecular flexibility index (Phi) is 4.93. The number of carbonyl (C=O) groups is 1. The van der Waals surface area contributed by atoms with Gasteiger partial charge in [-0.3, -0.25) is 14.5 Å². The van der Waals surface area contributed by atoms with Crippen LogP contribution in [0.2, 0.25) is 0 Å². The average molecular weight is 340 g/mol. The van der Waals surface area contributed by atoms with E-state index in [1.807, 2.05) is 54.9 Å². The van der Waals surface area contributed by atoms with E-state index in [1.54, 1.807) is 0 Å². The van der Waals surface area contributed by atoms with E-state index in [0.717, 1.165) is 43.7 Å². The van der Waals surface area contributed by atoms with Crippen molar-refractivity contribution in [3.63, 3.8) is 0 Å². The van der Waals surface area contributed by atoms with E-state index < -0.39 is 0 Å². The number of amides is 1. The maximum Gasteiger partial charge on any atom is 0.228 e. The molecule has 0 unspecified atom stereocenters. The molecule has 1 saturated heterocycles. The van der Waals surface area contributed by atoms with E-state index in [-0.39, 0.29) is 17.4 Å². The lowest BCUT2D eigenvalue weighted by Crippen LogP contribution is -2.39. The number of hydrogen-bond acceptors (Lipinski definition) is 3. The fraction of sp³-hybridized carbons (Fsp3) is 0.550. The van der Waals surface area contributed by atoms with E-state index in [4.69, 9.17) is 0 Å². The summed E-state index contributed by atoms with van der Waals surface area (Å²) in [5.41, 5.74) is 2.79. The zero-order chi connectivity index (χ0) is 18.0. The van der Waals surface area contributed by atoms with Gasteiger partial charge in [0.05, 0.1) is 17.4 Å². The van der Waals surface area contributed by atoms with E-state index in [9.17, 15) is 4.79 Å². The number of likely N-dealkylation sites (tertiary alicyclic amines) is 1. The molecule has 2 aromatic heterocycles. The third-order valence-electron chi connectivity index (χ3n) is 4.74. The Balaban J connectivity index is 1.91. The Bertz CT molecular complexity index is 744. The molecule has 0 aliphatic carbocycles. The Hall–Kier alpha value is -2.17. The van der Waals surface area contributed by atoms with Crippen molar-refractivity contribution in [2.75, 3.05) is 6.54 Å². The van der Waals surface area contributed by atoms with Gasteiger partial charge in [-0.2, -0.15) is 5.10 Å². The second-order valence-electron chi connectivity index (χ2n) is 7.82. The SMILES string of the molecule is CCCn1nccc1-c1cc([C@@H]2CCCN2C(=O)C(C)(C)C)ccn1. The van der Waals surface area contributed by atoms with Crippen LogP contribution in [0.15, 0.2) is 30.6 Å². The summed E-state index contributed by atoms with van der Waals surface area (Å²) in [6.45, 7) is 9.84. The summed E-state index contributed by atoms with van der Waals surface area (Å²) in [6.07, 6.45) is 6.78. The van der Waals surface area contributed by atoms with Crippen LogP contribution in [0.5, 0.6) is 0 Å². The summed E-state index contributed by atoms with van der Waals surface area (Å²) in [5.74, 6) is 0.226. The second kappa shape index (κ2) is 6.98. The van der Waals surface area contributed by atoms with Gasteiger partial charge in [0.15, 0.2) is 0 Å². The molecule has 5 nitrogen and oxygen atoms in total. The molecule has 3 heterocycles. The summed E-state index contributed by atoms with van der Waals surface area (Å²) < 4.78 is 2.00. The number of rotatable bonds is 4. The lowest BCUT2D eigenvalue weighted by Gasteiger charge is -2.31. The molecular formula is C20H28N4O. The Morgan fingerprint density at radius 1 is 1.28 bits per heavy atom. The molecule has 3 rings (SSSR count). The van der Waals surface area contributed by atoms with Crippen LogP contribution in [0.4, 0.5) is 0 Å². The maximum absolute atomic E-state index is 12.8. The monoisotopic (exact) mass is 340 g/mol. The highest BCUT2D eigenvalue weighted by molar-refractivity contribution is 5.82. The van der Waals surface area contributed by atoms with Gasteiger partial charge in [-0.05, 0) is 43.0 Å². The standard InChI is InChI=1S/C20H28N4O/c1-5-12-24-18(9-11-22-24)16-14-15(8-10-21-16)17-7-6-13-23(17)19(25)20(2,3)4/h8-11,14,17H,5-7,12-13H2,1-4H3/t17-/m0/s1. The Morgan fingerprint density at radius 3 is 2.80 bits per heavy atom. The fourth-order valence-corrected chi connectivity index (χ4v) is 3.52. The highest BCUT2D eigenvalue weighted by Crippen LogP contribution is 2.36. The zero-order valence-electron chi connectivity index (χ0n) is 15.7.